The zero-order chi connectivity index (χ0) is 20.1. The first-order chi connectivity index (χ1) is 13.5. The number of hydrogen-bond donors (Lipinski definition) is 0. The molecule has 0 aromatic heterocycles. The smallest absolute Gasteiger partial charge is 0.340 e. The summed E-state index contributed by atoms with van der Waals surface area (Å²) in [5.74, 6) is -1.10. The van der Waals surface area contributed by atoms with Gasteiger partial charge in [-0.15, -0.1) is 0 Å². The van der Waals surface area contributed by atoms with E-state index >= 15 is 0 Å². The van der Waals surface area contributed by atoms with Crippen LogP contribution in [0.15, 0.2) is 83.3 Å². The molecule has 140 valence electrons. The van der Waals surface area contributed by atoms with E-state index in [0.29, 0.717) is 15.6 Å². The fourth-order valence-corrected chi connectivity index (χ4v) is 3.04. The van der Waals surface area contributed by atoms with Crippen molar-refractivity contribution in [1.82, 2.24) is 0 Å². The van der Waals surface area contributed by atoms with Crippen molar-refractivity contribution in [1.29, 1.82) is 0 Å². The highest BCUT2D eigenvalue weighted by Gasteiger charge is 2.28. The molecule has 6 nitrogen and oxygen atoms in total. The summed E-state index contributed by atoms with van der Waals surface area (Å²) in [5, 5.41) is 10.9. The number of ether oxygens (including phenoxy) is 1. The minimum absolute atomic E-state index is 0.119. The summed E-state index contributed by atoms with van der Waals surface area (Å²) >= 11 is 3.29. The molecule has 0 saturated heterocycles. The lowest BCUT2D eigenvalue weighted by Crippen LogP contribution is -2.20. The molecule has 0 fully saturated rings. The van der Waals surface area contributed by atoms with Gasteiger partial charge in [0, 0.05) is 27.7 Å². The molecule has 0 aliphatic carbocycles. The first-order valence-electron chi connectivity index (χ1n) is 8.26. The van der Waals surface area contributed by atoms with Crippen LogP contribution in [-0.2, 0) is 4.74 Å². The number of nitro benzene ring substituents is 1. The Morgan fingerprint density at radius 3 is 2.11 bits per heavy atom. The molecule has 28 heavy (non-hydrogen) atoms. The molecule has 0 aliphatic rings. The van der Waals surface area contributed by atoms with Crippen molar-refractivity contribution in [2.75, 3.05) is 0 Å². The second-order valence-electron chi connectivity index (χ2n) is 5.84. The first kappa shape index (κ1) is 19.4. The number of nitrogens with zero attached hydrogens (tertiary/aromatic N) is 1. The quantitative estimate of drug-likeness (QED) is 0.229. The Kier molecular flexibility index (Phi) is 5.96. The lowest BCUT2D eigenvalue weighted by atomic mass is 9.99. The summed E-state index contributed by atoms with van der Waals surface area (Å²) in [6.07, 6.45) is -1.23. The molecular weight excluding hydrogens is 426 g/mol. The molecular formula is C21H14BrNO5. The number of non-ortho nitro benzene ring substituents is 1. The SMILES string of the molecule is O=C(O[C@H](C(=O)c1ccccc1)c1ccc([N+](=O)[O-])cc1)c1ccccc1Br. The monoisotopic (exact) mass is 439 g/mol. The van der Waals surface area contributed by atoms with Gasteiger partial charge in [0.2, 0.25) is 5.78 Å². The Balaban J connectivity index is 1.97. The van der Waals surface area contributed by atoms with E-state index in [-0.39, 0.29) is 11.3 Å². The fraction of sp³-hybridized carbons (Fsp3) is 0.0476. The molecule has 0 amide bonds. The molecule has 3 aromatic rings. The Bertz CT molecular complexity index is 1020. The molecule has 0 unspecified atom stereocenters. The van der Waals surface area contributed by atoms with Crippen LogP contribution in [-0.4, -0.2) is 16.7 Å². The van der Waals surface area contributed by atoms with Crippen LogP contribution < -0.4 is 0 Å². The van der Waals surface area contributed by atoms with Crippen molar-refractivity contribution < 1.29 is 19.2 Å². The van der Waals surface area contributed by atoms with Crippen LogP contribution in [0.3, 0.4) is 0 Å². The zero-order valence-corrected chi connectivity index (χ0v) is 16.0. The molecule has 3 aromatic carbocycles. The summed E-state index contributed by atoms with van der Waals surface area (Å²) in [4.78, 5) is 36.0. The van der Waals surface area contributed by atoms with Gasteiger partial charge in [-0.05, 0) is 40.2 Å². The van der Waals surface area contributed by atoms with Gasteiger partial charge in [0.25, 0.3) is 5.69 Å². The van der Waals surface area contributed by atoms with E-state index in [0.717, 1.165) is 0 Å². The lowest BCUT2D eigenvalue weighted by molar-refractivity contribution is -0.384. The third-order valence-corrected chi connectivity index (χ3v) is 4.71. The van der Waals surface area contributed by atoms with E-state index in [1.807, 2.05) is 0 Å². The van der Waals surface area contributed by atoms with Crippen molar-refractivity contribution in [2.45, 2.75) is 6.10 Å². The summed E-state index contributed by atoms with van der Waals surface area (Å²) in [7, 11) is 0. The molecule has 0 radical (unpaired) electrons. The Morgan fingerprint density at radius 2 is 1.50 bits per heavy atom. The molecule has 0 aliphatic heterocycles. The van der Waals surface area contributed by atoms with Gasteiger partial charge in [0.15, 0.2) is 6.10 Å². The van der Waals surface area contributed by atoms with E-state index in [1.54, 1.807) is 54.6 Å². The van der Waals surface area contributed by atoms with Crippen LogP contribution in [0.2, 0.25) is 0 Å². The van der Waals surface area contributed by atoms with Crippen LogP contribution in [0.5, 0.6) is 0 Å². The number of hydrogen-bond acceptors (Lipinski definition) is 5. The van der Waals surface area contributed by atoms with Crippen molar-refractivity contribution in [3.63, 3.8) is 0 Å². The predicted molar refractivity (Wildman–Crippen MR) is 106 cm³/mol. The van der Waals surface area contributed by atoms with E-state index in [9.17, 15) is 19.7 Å². The predicted octanol–water partition coefficient (Wildman–Crippen LogP) is 5.14. The highest BCUT2D eigenvalue weighted by molar-refractivity contribution is 9.10. The normalized spacial score (nSPS) is 11.5. The number of carbonyl (C=O) groups excluding carboxylic acids is 2. The van der Waals surface area contributed by atoms with Crippen molar-refractivity contribution >= 4 is 33.4 Å². The van der Waals surface area contributed by atoms with Gasteiger partial charge in [-0.3, -0.25) is 14.9 Å². The molecule has 3 rings (SSSR count). The highest BCUT2D eigenvalue weighted by atomic mass is 79.9. The van der Waals surface area contributed by atoms with Crippen molar-refractivity contribution in [2.24, 2.45) is 0 Å². The number of benzene rings is 3. The molecule has 0 bridgehead atoms. The third-order valence-electron chi connectivity index (χ3n) is 4.02. The van der Waals surface area contributed by atoms with Gasteiger partial charge < -0.3 is 4.74 Å². The maximum atomic E-state index is 13.0. The average molecular weight is 440 g/mol. The van der Waals surface area contributed by atoms with Gasteiger partial charge in [-0.2, -0.15) is 0 Å². The highest BCUT2D eigenvalue weighted by Crippen LogP contribution is 2.27. The minimum Gasteiger partial charge on any atom is -0.445 e. The maximum absolute atomic E-state index is 13.0. The molecule has 0 spiro atoms. The lowest BCUT2D eigenvalue weighted by Gasteiger charge is -2.18. The van der Waals surface area contributed by atoms with Crippen LogP contribution in [0, 0.1) is 10.1 Å². The van der Waals surface area contributed by atoms with Crippen LogP contribution >= 0.6 is 15.9 Å². The van der Waals surface area contributed by atoms with Crippen LogP contribution in [0.4, 0.5) is 5.69 Å². The molecule has 1 atom stereocenters. The largest absolute Gasteiger partial charge is 0.445 e. The summed E-state index contributed by atoms with van der Waals surface area (Å²) in [6.45, 7) is 0. The van der Waals surface area contributed by atoms with Crippen LogP contribution in [0.1, 0.15) is 32.4 Å². The van der Waals surface area contributed by atoms with E-state index in [1.165, 1.54) is 24.3 Å². The number of esters is 1. The Morgan fingerprint density at radius 1 is 0.893 bits per heavy atom. The van der Waals surface area contributed by atoms with Crippen LogP contribution in [0.25, 0.3) is 0 Å². The van der Waals surface area contributed by atoms with Gasteiger partial charge in [0.05, 0.1) is 10.5 Å². The van der Waals surface area contributed by atoms with E-state index < -0.39 is 22.8 Å². The summed E-state index contributed by atoms with van der Waals surface area (Å²) in [6, 6.07) is 20.5. The second-order valence-corrected chi connectivity index (χ2v) is 6.70. The topological polar surface area (TPSA) is 86.5 Å². The molecule has 0 N–H and O–H groups in total. The zero-order valence-electron chi connectivity index (χ0n) is 14.4. The minimum atomic E-state index is -1.23. The summed E-state index contributed by atoms with van der Waals surface area (Å²) in [5.41, 5.74) is 0.868. The second kappa shape index (κ2) is 8.58. The van der Waals surface area contributed by atoms with Gasteiger partial charge in [-0.1, -0.05) is 42.5 Å². The number of nitro groups is 1. The third kappa shape index (κ3) is 4.32. The number of carbonyl (C=O) groups is 2. The van der Waals surface area contributed by atoms with E-state index in [2.05, 4.69) is 15.9 Å². The van der Waals surface area contributed by atoms with Gasteiger partial charge in [0.1, 0.15) is 0 Å². The molecule has 7 heteroatoms. The van der Waals surface area contributed by atoms with Crippen molar-refractivity contribution in [3.8, 4) is 0 Å². The molecule has 0 heterocycles. The fourth-order valence-electron chi connectivity index (χ4n) is 2.59. The van der Waals surface area contributed by atoms with Gasteiger partial charge >= 0.3 is 5.97 Å². The summed E-state index contributed by atoms with van der Waals surface area (Å²) < 4.78 is 6.07. The Labute approximate surface area is 169 Å². The maximum Gasteiger partial charge on any atom is 0.340 e. The molecule has 0 saturated carbocycles. The number of halogens is 1. The number of Topliss-reactive ketones (excluding diaryl/α,β-unsaturated/α-hetero) is 1. The first-order valence-corrected chi connectivity index (χ1v) is 9.06. The standard InChI is InChI=1S/C21H14BrNO5/c22-18-9-5-4-8-17(18)21(25)28-20(19(24)14-6-2-1-3-7-14)15-10-12-16(13-11-15)23(26)27/h1-13,20H/t20-/m0/s1. The number of ketones is 1. The number of rotatable bonds is 6. The Hall–Kier alpha value is -3.32. The van der Waals surface area contributed by atoms with E-state index in [4.69, 9.17) is 4.74 Å². The van der Waals surface area contributed by atoms with Gasteiger partial charge in [-0.25, -0.2) is 4.79 Å². The van der Waals surface area contributed by atoms with Crippen molar-refractivity contribution in [3.05, 3.63) is 110 Å². The average Bonchev–Trinajstić information content (AvgIpc) is 2.72.